The molecule has 1 heterocycles. The monoisotopic (exact) mass is 388 g/mol. The van der Waals surface area contributed by atoms with Gasteiger partial charge in [0.1, 0.15) is 10.8 Å². The zero-order valence-corrected chi connectivity index (χ0v) is 15.6. The second-order valence-corrected chi connectivity index (χ2v) is 6.79. The lowest BCUT2D eigenvalue weighted by molar-refractivity contribution is 0.262. The van der Waals surface area contributed by atoms with Crippen LogP contribution in [-0.4, -0.2) is 22.8 Å². The van der Waals surface area contributed by atoms with Gasteiger partial charge in [0, 0.05) is 16.3 Å². The molecule has 2 aromatic carbocycles. The first-order chi connectivity index (χ1) is 12.6. The Bertz CT molecular complexity index is 883. The minimum atomic E-state index is -0.404. The van der Waals surface area contributed by atoms with Crippen LogP contribution in [0.5, 0.6) is 5.75 Å². The van der Waals surface area contributed by atoms with E-state index in [1.807, 2.05) is 24.3 Å². The molecule has 0 aliphatic heterocycles. The number of halogens is 1. The van der Waals surface area contributed by atoms with Crippen molar-refractivity contribution in [2.24, 2.45) is 0 Å². The fourth-order valence-electron chi connectivity index (χ4n) is 2.13. The maximum absolute atomic E-state index is 12.0. The molecule has 2 amide bonds. The van der Waals surface area contributed by atoms with Gasteiger partial charge in [-0.15, -0.1) is 10.2 Å². The Morgan fingerprint density at radius 2 is 1.96 bits per heavy atom. The van der Waals surface area contributed by atoms with Crippen molar-refractivity contribution in [3.05, 3.63) is 53.6 Å². The van der Waals surface area contributed by atoms with Crippen molar-refractivity contribution in [1.82, 2.24) is 10.2 Å². The molecule has 1 aromatic heterocycles. The van der Waals surface area contributed by atoms with E-state index in [9.17, 15) is 4.79 Å². The third-order valence-corrected chi connectivity index (χ3v) is 4.42. The minimum absolute atomic E-state index is 0.404. The highest BCUT2D eigenvalue weighted by molar-refractivity contribution is 7.18. The topological polar surface area (TPSA) is 76.1 Å². The summed E-state index contributed by atoms with van der Waals surface area (Å²) in [4.78, 5) is 12.0. The zero-order valence-electron chi connectivity index (χ0n) is 14.0. The van der Waals surface area contributed by atoms with Crippen molar-refractivity contribution in [1.29, 1.82) is 0 Å². The summed E-state index contributed by atoms with van der Waals surface area (Å²) in [5, 5.41) is 15.2. The predicted molar refractivity (Wildman–Crippen MR) is 105 cm³/mol. The van der Waals surface area contributed by atoms with Crippen LogP contribution < -0.4 is 15.4 Å². The van der Waals surface area contributed by atoms with E-state index in [4.69, 9.17) is 16.3 Å². The molecule has 2 N–H and O–H groups in total. The Balaban J connectivity index is 1.61. The van der Waals surface area contributed by atoms with Crippen LogP contribution in [0.2, 0.25) is 5.02 Å². The number of aromatic nitrogens is 2. The van der Waals surface area contributed by atoms with Crippen molar-refractivity contribution >= 4 is 39.8 Å². The first-order valence-corrected chi connectivity index (χ1v) is 9.24. The van der Waals surface area contributed by atoms with Gasteiger partial charge in [0.05, 0.1) is 6.61 Å². The van der Waals surface area contributed by atoms with E-state index < -0.39 is 6.03 Å². The first kappa shape index (κ1) is 18.2. The molecule has 26 heavy (non-hydrogen) atoms. The Labute approximate surface area is 160 Å². The summed E-state index contributed by atoms with van der Waals surface area (Å²) in [6.45, 7) is 2.75. The molecule has 3 rings (SSSR count). The van der Waals surface area contributed by atoms with Gasteiger partial charge in [-0.3, -0.25) is 5.32 Å². The molecule has 8 heteroatoms. The Hall–Kier alpha value is -2.64. The molecule has 0 radical (unpaired) electrons. The number of anilines is 2. The summed E-state index contributed by atoms with van der Waals surface area (Å²) in [7, 11) is 0. The van der Waals surface area contributed by atoms with E-state index in [2.05, 4.69) is 27.8 Å². The SMILES string of the molecule is CCCOc1ccc(-c2nnc(NC(=O)Nc3cccc(Cl)c3)s2)cc1. The number of amides is 2. The van der Waals surface area contributed by atoms with Gasteiger partial charge < -0.3 is 10.1 Å². The lowest BCUT2D eigenvalue weighted by Gasteiger charge is -2.05. The van der Waals surface area contributed by atoms with Crippen LogP contribution in [0.4, 0.5) is 15.6 Å². The van der Waals surface area contributed by atoms with Gasteiger partial charge in [0.2, 0.25) is 5.13 Å². The number of carbonyl (C=O) groups is 1. The largest absolute Gasteiger partial charge is 0.494 e. The van der Waals surface area contributed by atoms with Gasteiger partial charge in [0.15, 0.2) is 0 Å². The molecule has 0 fully saturated rings. The van der Waals surface area contributed by atoms with Crippen LogP contribution in [0.3, 0.4) is 0 Å². The van der Waals surface area contributed by atoms with Crippen LogP contribution in [0, 0.1) is 0 Å². The highest BCUT2D eigenvalue weighted by Crippen LogP contribution is 2.28. The zero-order chi connectivity index (χ0) is 18.4. The van der Waals surface area contributed by atoms with Crippen molar-refractivity contribution in [2.45, 2.75) is 13.3 Å². The van der Waals surface area contributed by atoms with Crippen molar-refractivity contribution in [2.75, 3.05) is 17.2 Å². The first-order valence-electron chi connectivity index (χ1n) is 8.04. The average Bonchev–Trinajstić information content (AvgIpc) is 3.08. The summed E-state index contributed by atoms with van der Waals surface area (Å²) < 4.78 is 5.56. The second kappa shape index (κ2) is 8.64. The van der Waals surface area contributed by atoms with Crippen LogP contribution in [0.15, 0.2) is 48.5 Å². The van der Waals surface area contributed by atoms with Crippen LogP contribution in [0.25, 0.3) is 10.6 Å². The minimum Gasteiger partial charge on any atom is -0.494 e. The van der Waals surface area contributed by atoms with Crippen molar-refractivity contribution in [3.63, 3.8) is 0 Å². The van der Waals surface area contributed by atoms with Gasteiger partial charge in [-0.25, -0.2) is 4.79 Å². The lowest BCUT2D eigenvalue weighted by Crippen LogP contribution is -2.19. The molecule has 0 saturated heterocycles. The molecular weight excluding hydrogens is 372 g/mol. The molecule has 0 aliphatic rings. The quantitative estimate of drug-likeness (QED) is 0.601. The van der Waals surface area contributed by atoms with Crippen LogP contribution in [0.1, 0.15) is 13.3 Å². The number of nitrogens with one attached hydrogen (secondary N) is 2. The molecule has 0 atom stereocenters. The molecular formula is C18H17ClN4O2S. The predicted octanol–water partition coefficient (Wildman–Crippen LogP) is 5.29. The summed E-state index contributed by atoms with van der Waals surface area (Å²) in [6.07, 6.45) is 0.963. The molecule has 134 valence electrons. The number of hydrogen-bond donors (Lipinski definition) is 2. The highest BCUT2D eigenvalue weighted by atomic mass is 35.5. The fraction of sp³-hybridized carbons (Fsp3) is 0.167. The second-order valence-electron chi connectivity index (χ2n) is 5.37. The molecule has 0 bridgehead atoms. The van der Waals surface area contributed by atoms with Gasteiger partial charge >= 0.3 is 6.03 Å². The normalized spacial score (nSPS) is 10.4. The Morgan fingerprint density at radius 1 is 1.15 bits per heavy atom. The molecule has 0 unspecified atom stereocenters. The number of hydrogen-bond acceptors (Lipinski definition) is 5. The maximum atomic E-state index is 12.0. The number of ether oxygens (including phenoxy) is 1. The standard InChI is InChI=1S/C18H17ClN4O2S/c1-2-10-25-15-8-6-12(7-9-15)16-22-23-18(26-16)21-17(24)20-14-5-3-4-13(19)11-14/h3-9,11H,2,10H2,1H3,(H2,20,21,23,24). The summed E-state index contributed by atoms with van der Waals surface area (Å²) in [5.41, 5.74) is 1.51. The third kappa shape index (κ3) is 4.93. The molecule has 0 aliphatic carbocycles. The Morgan fingerprint density at radius 3 is 2.69 bits per heavy atom. The smallest absolute Gasteiger partial charge is 0.325 e. The van der Waals surface area contributed by atoms with E-state index in [0.29, 0.717) is 27.5 Å². The molecule has 0 spiro atoms. The van der Waals surface area contributed by atoms with Crippen molar-refractivity contribution < 1.29 is 9.53 Å². The van der Waals surface area contributed by atoms with E-state index in [-0.39, 0.29) is 0 Å². The maximum Gasteiger partial charge on any atom is 0.325 e. The molecule has 6 nitrogen and oxygen atoms in total. The van der Waals surface area contributed by atoms with Gasteiger partial charge in [-0.05, 0) is 48.9 Å². The van der Waals surface area contributed by atoms with Gasteiger partial charge in [-0.1, -0.05) is 35.9 Å². The highest BCUT2D eigenvalue weighted by Gasteiger charge is 2.10. The van der Waals surface area contributed by atoms with E-state index >= 15 is 0 Å². The van der Waals surface area contributed by atoms with Gasteiger partial charge in [0.25, 0.3) is 0 Å². The van der Waals surface area contributed by atoms with E-state index in [1.165, 1.54) is 11.3 Å². The molecule has 3 aromatic rings. The van der Waals surface area contributed by atoms with Crippen LogP contribution >= 0.6 is 22.9 Å². The van der Waals surface area contributed by atoms with Crippen LogP contribution in [-0.2, 0) is 0 Å². The number of urea groups is 1. The number of benzene rings is 2. The average molecular weight is 389 g/mol. The third-order valence-electron chi connectivity index (χ3n) is 3.30. The summed E-state index contributed by atoms with van der Waals surface area (Å²) >= 11 is 7.19. The fourth-order valence-corrected chi connectivity index (χ4v) is 3.06. The molecule has 0 saturated carbocycles. The van der Waals surface area contributed by atoms with Crippen molar-refractivity contribution in [3.8, 4) is 16.3 Å². The number of carbonyl (C=O) groups excluding carboxylic acids is 1. The Kier molecular flexibility index (Phi) is 6.04. The number of nitrogens with zero attached hydrogens (tertiary/aromatic N) is 2. The van der Waals surface area contributed by atoms with E-state index in [0.717, 1.165) is 17.7 Å². The number of rotatable bonds is 6. The summed E-state index contributed by atoms with van der Waals surface area (Å²) in [5.74, 6) is 0.819. The van der Waals surface area contributed by atoms with Gasteiger partial charge in [-0.2, -0.15) is 0 Å². The summed E-state index contributed by atoms with van der Waals surface area (Å²) in [6, 6.07) is 14.1. The lowest BCUT2D eigenvalue weighted by atomic mass is 10.2. The van der Waals surface area contributed by atoms with E-state index in [1.54, 1.807) is 24.3 Å².